The van der Waals surface area contributed by atoms with Gasteiger partial charge >= 0.3 is 5.97 Å². The number of hydrogen-bond acceptors (Lipinski definition) is 4. The Bertz CT molecular complexity index is 1290. The van der Waals surface area contributed by atoms with Gasteiger partial charge in [-0.3, -0.25) is 0 Å². The molecule has 0 bridgehead atoms. The molecule has 1 N–H and O–H groups in total. The van der Waals surface area contributed by atoms with Crippen LogP contribution < -0.4 is 4.84 Å². The number of aromatic nitrogens is 1. The Kier molecular flexibility index (Phi) is 5.86. The highest BCUT2D eigenvalue weighted by Crippen LogP contribution is 2.29. The maximum absolute atomic E-state index is 13.2. The average molecular weight is 433 g/mol. The number of rotatable bonds is 6. The zero-order chi connectivity index (χ0) is 22.8. The summed E-state index contributed by atoms with van der Waals surface area (Å²) in [6.45, 7) is 5.97. The Morgan fingerprint density at radius 2 is 1.78 bits per heavy atom. The van der Waals surface area contributed by atoms with Gasteiger partial charge < -0.3 is 14.7 Å². The highest BCUT2D eigenvalue weighted by molar-refractivity contribution is 5.96. The molecule has 0 atom stereocenters. The van der Waals surface area contributed by atoms with Crippen molar-refractivity contribution in [2.75, 3.05) is 6.61 Å². The summed E-state index contributed by atoms with van der Waals surface area (Å²) in [5, 5.41) is 11.2. The van der Waals surface area contributed by atoms with E-state index in [2.05, 4.69) is 0 Å². The van der Waals surface area contributed by atoms with Crippen molar-refractivity contribution in [2.45, 2.75) is 27.2 Å². The summed E-state index contributed by atoms with van der Waals surface area (Å²) in [5.41, 5.74) is 4.56. The second-order valence-electron chi connectivity index (χ2n) is 7.74. The normalized spacial score (nSPS) is 11.0. The van der Waals surface area contributed by atoms with E-state index in [4.69, 9.17) is 9.57 Å². The van der Waals surface area contributed by atoms with E-state index in [1.54, 1.807) is 43.3 Å². The van der Waals surface area contributed by atoms with Crippen molar-refractivity contribution in [3.63, 3.8) is 0 Å². The summed E-state index contributed by atoms with van der Waals surface area (Å²) < 4.78 is 19.9. The van der Waals surface area contributed by atoms with E-state index >= 15 is 0 Å². The third kappa shape index (κ3) is 4.30. The molecule has 0 saturated heterocycles. The molecule has 1 aromatic heterocycles. The first kappa shape index (κ1) is 21.4. The van der Waals surface area contributed by atoms with Crippen molar-refractivity contribution in [2.24, 2.45) is 0 Å². The first-order valence-electron chi connectivity index (χ1n) is 10.4. The molecular formula is C26H24FNO4. The van der Waals surface area contributed by atoms with Crippen molar-refractivity contribution >= 4 is 16.9 Å². The fraction of sp³-hybridized carbons (Fsp3) is 0.192. The van der Waals surface area contributed by atoms with Crippen LogP contribution in [-0.4, -0.2) is 22.4 Å². The van der Waals surface area contributed by atoms with Crippen LogP contribution in [0.15, 0.2) is 60.7 Å². The minimum Gasteiger partial charge on any atom is -0.508 e. The van der Waals surface area contributed by atoms with Crippen molar-refractivity contribution in [1.29, 1.82) is 0 Å². The Balaban J connectivity index is 1.74. The lowest BCUT2D eigenvalue weighted by molar-refractivity contribution is 0.0489. The Morgan fingerprint density at radius 3 is 2.50 bits per heavy atom. The summed E-state index contributed by atoms with van der Waals surface area (Å²) in [6.07, 6.45) is 0.401. The van der Waals surface area contributed by atoms with Crippen molar-refractivity contribution in [3.05, 3.63) is 94.4 Å². The second-order valence-corrected chi connectivity index (χ2v) is 7.74. The van der Waals surface area contributed by atoms with E-state index in [-0.39, 0.29) is 23.9 Å². The zero-order valence-electron chi connectivity index (χ0n) is 18.2. The number of nitrogens with zero attached hydrogens (tertiary/aromatic N) is 1. The van der Waals surface area contributed by atoms with Gasteiger partial charge in [0.1, 0.15) is 11.6 Å². The van der Waals surface area contributed by atoms with Gasteiger partial charge in [-0.05, 0) is 79.9 Å². The van der Waals surface area contributed by atoms with Crippen LogP contribution in [0.5, 0.6) is 11.5 Å². The fourth-order valence-electron chi connectivity index (χ4n) is 3.77. The van der Waals surface area contributed by atoms with Gasteiger partial charge in [0.05, 0.1) is 12.1 Å². The number of esters is 1. The maximum Gasteiger partial charge on any atom is 0.358 e. The van der Waals surface area contributed by atoms with Crippen LogP contribution >= 0.6 is 0 Å². The van der Waals surface area contributed by atoms with E-state index in [1.807, 2.05) is 26.0 Å². The molecule has 3 aromatic carbocycles. The quantitative estimate of drug-likeness (QED) is 0.396. The topological polar surface area (TPSA) is 60.7 Å². The summed E-state index contributed by atoms with van der Waals surface area (Å²) >= 11 is 0. The van der Waals surface area contributed by atoms with E-state index in [0.717, 1.165) is 27.6 Å². The second kappa shape index (κ2) is 8.75. The molecule has 6 heteroatoms. The first-order valence-corrected chi connectivity index (χ1v) is 10.4. The van der Waals surface area contributed by atoms with Crippen LogP contribution in [0.4, 0.5) is 4.39 Å². The number of phenolic OH excluding ortho intramolecular Hbond substituents is 1. The largest absolute Gasteiger partial charge is 0.508 e. The summed E-state index contributed by atoms with van der Waals surface area (Å²) in [6, 6.07) is 16.8. The van der Waals surface area contributed by atoms with Gasteiger partial charge in [0, 0.05) is 17.4 Å². The van der Waals surface area contributed by atoms with Gasteiger partial charge in [0.2, 0.25) is 0 Å². The molecule has 1 heterocycles. The number of aromatic hydroxyl groups is 1. The molecule has 0 radical (unpaired) electrons. The zero-order valence-corrected chi connectivity index (χ0v) is 18.2. The van der Waals surface area contributed by atoms with Gasteiger partial charge in [-0.2, -0.15) is 4.73 Å². The van der Waals surface area contributed by atoms with Crippen LogP contribution in [0.1, 0.15) is 39.7 Å². The minimum atomic E-state index is -0.480. The molecule has 4 rings (SSSR count). The summed E-state index contributed by atoms with van der Waals surface area (Å²) in [7, 11) is 0. The molecule has 0 aliphatic carbocycles. The van der Waals surface area contributed by atoms with Gasteiger partial charge in [-0.15, -0.1) is 0 Å². The van der Waals surface area contributed by atoms with Crippen molar-refractivity contribution in [1.82, 2.24) is 4.73 Å². The van der Waals surface area contributed by atoms with E-state index in [1.165, 1.54) is 16.9 Å². The fourth-order valence-corrected chi connectivity index (χ4v) is 3.77. The van der Waals surface area contributed by atoms with Gasteiger partial charge in [-0.1, -0.05) is 18.2 Å². The third-order valence-corrected chi connectivity index (χ3v) is 5.27. The molecule has 0 spiro atoms. The molecule has 5 nitrogen and oxygen atoms in total. The van der Waals surface area contributed by atoms with E-state index in [0.29, 0.717) is 17.7 Å². The van der Waals surface area contributed by atoms with Gasteiger partial charge in [0.15, 0.2) is 11.4 Å². The number of carbonyl (C=O) groups excluding carboxylic acids is 1. The van der Waals surface area contributed by atoms with E-state index in [9.17, 15) is 14.3 Å². The number of phenols is 1. The molecule has 0 aliphatic heterocycles. The lowest BCUT2D eigenvalue weighted by Gasteiger charge is -2.14. The monoisotopic (exact) mass is 433 g/mol. The predicted molar refractivity (Wildman–Crippen MR) is 121 cm³/mol. The standard InChI is InChI=1S/C26H24FNO4/c1-4-31-26(30)24-15-22-17(3)11-16(2)12-23(22)28(24)32-21-9-10-25(29)19(14-21)13-18-5-7-20(27)8-6-18/h5-12,14-15,29H,4,13H2,1-3H3. The highest BCUT2D eigenvalue weighted by atomic mass is 19.1. The van der Waals surface area contributed by atoms with Crippen LogP contribution in [0.25, 0.3) is 10.9 Å². The molecule has 0 amide bonds. The van der Waals surface area contributed by atoms with E-state index < -0.39 is 5.97 Å². The van der Waals surface area contributed by atoms with Crippen LogP contribution in [0.2, 0.25) is 0 Å². The molecule has 0 fully saturated rings. The Morgan fingerprint density at radius 1 is 1.03 bits per heavy atom. The molecule has 4 aromatic rings. The Labute approximate surface area is 185 Å². The molecule has 0 saturated carbocycles. The first-order chi connectivity index (χ1) is 15.4. The van der Waals surface area contributed by atoms with Crippen LogP contribution in [0, 0.1) is 19.7 Å². The summed E-state index contributed by atoms with van der Waals surface area (Å²) in [5.74, 6) is -0.240. The highest BCUT2D eigenvalue weighted by Gasteiger charge is 2.20. The van der Waals surface area contributed by atoms with Crippen LogP contribution in [-0.2, 0) is 11.2 Å². The maximum atomic E-state index is 13.2. The van der Waals surface area contributed by atoms with Gasteiger partial charge in [0.25, 0.3) is 0 Å². The number of ether oxygens (including phenoxy) is 1. The Hall–Kier alpha value is -3.80. The predicted octanol–water partition coefficient (Wildman–Crippen LogP) is 5.71. The molecule has 0 aliphatic rings. The van der Waals surface area contributed by atoms with Crippen molar-refractivity contribution < 1.29 is 23.9 Å². The van der Waals surface area contributed by atoms with Crippen LogP contribution in [0.3, 0.4) is 0 Å². The number of carbonyl (C=O) groups is 1. The number of fused-ring (bicyclic) bond motifs is 1. The summed E-state index contributed by atoms with van der Waals surface area (Å²) in [4.78, 5) is 18.8. The molecule has 32 heavy (non-hydrogen) atoms. The minimum absolute atomic E-state index is 0.108. The smallest absolute Gasteiger partial charge is 0.358 e. The number of hydrogen-bond donors (Lipinski definition) is 1. The van der Waals surface area contributed by atoms with Gasteiger partial charge in [-0.25, -0.2) is 9.18 Å². The molecule has 0 unspecified atom stereocenters. The van der Waals surface area contributed by atoms with Crippen molar-refractivity contribution in [3.8, 4) is 11.5 Å². The average Bonchev–Trinajstić information content (AvgIpc) is 3.11. The molecular weight excluding hydrogens is 409 g/mol. The number of halogens is 1. The third-order valence-electron chi connectivity index (χ3n) is 5.27. The number of benzene rings is 3. The SMILES string of the molecule is CCOC(=O)c1cc2c(C)cc(C)cc2n1Oc1ccc(O)c(Cc2ccc(F)cc2)c1. The lowest BCUT2D eigenvalue weighted by atomic mass is 10.0. The lowest BCUT2D eigenvalue weighted by Crippen LogP contribution is -2.16. The molecule has 164 valence electrons. The number of aryl methyl sites for hydroxylation is 2.